The Labute approximate surface area is 123 Å². The first-order valence-corrected chi connectivity index (χ1v) is 6.97. The van der Waals surface area contributed by atoms with Gasteiger partial charge >= 0.3 is 6.09 Å². The third-order valence-electron chi connectivity index (χ3n) is 3.17. The van der Waals surface area contributed by atoms with Gasteiger partial charge in [0.25, 0.3) is 0 Å². The van der Waals surface area contributed by atoms with Gasteiger partial charge in [0.05, 0.1) is 6.04 Å². The van der Waals surface area contributed by atoms with Crippen molar-refractivity contribution in [1.29, 1.82) is 0 Å². The zero-order valence-corrected chi connectivity index (χ0v) is 13.0. The number of alkyl carbamates (subject to hydrolysis) is 1. The summed E-state index contributed by atoms with van der Waals surface area (Å²) in [6, 6.07) is -0.863. The average molecular weight is 303 g/mol. The third kappa shape index (κ3) is 5.81. The van der Waals surface area contributed by atoms with Crippen molar-refractivity contribution < 1.29 is 23.1 Å². The molecule has 6 heteroatoms. The Kier molecular flexibility index (Phi) is 5.12. The fourth-order valence-corrected chi connectivity index (χ4v) is 2.26. The molecule has 0 aromatic carbocycles. The highest BCUT2D eigenvalue weighted by molar-refractivity contribution is 5.99. The van der Waals surface area contributed by atoms with Gasteiger partial charge in [-0.05, 0) is 45.6 Å². The van der Waals surface area contributed by atoms with Crippen LogP contribution < -0.4 is 5.32 Å². The lowest BCUT2D eigenvalue weighted by molar-refractivity contribution is -0.125. The number of hydrogen-bond acceptors (Lipinski definition) is 3. The Hall–Kier alpha value is -1.46. The summed E-state index contributed by atoms with van der Waals surface area (Å²) in [5, 5.41) is 2.46. The number of nitrogens with one attached hydrogen (secondary N) is 1. The Morgan fingerprint density at radius 3 is 2.29 bits per heavy atom. The van der Waals surface area contributed by atoms with Gasteiger partial charge in [0, 0.05) is 12.8 Å². The Morgan fingerprint density at radius 1 is 1.38 bits per heavy atom. The number of hydrogen-bond donors (Lipinski definition) is 1. The molecule has 0 saturated heterocycles. The summed E-state index contributed by atoms with van der Waals surface area (Å²) in [5.41, 5.74) is -0.410. The molecule has 0 bridgehead atoms. The zero-order valence-electron chi connectivity index (χ0n) is 13.0. The number of alkyl halides is 2. The highest BCUT2D eigenvalue weighted by atomic mass is 19.3. The van der Waals surface area contributed by atoms with Crippen molar-refractivity contribution in [2.45, 2.75) is 64.5 Å². The van der Waals surface area contributed by atoms with E-state index in [9.17, 15) is 18.4 Å². The first-order valence-electron chi connectivity index (χ1n) is 6.97. The Balaban J connectivity index is 2.63. The van der Waals surface area contributed by atoms with Gasteiger partial charge in [0.2, 0.25) is 5.92 Å². The standard InChI is InChI=1S/C15H23F2NO3/c1-9(2)12(19)11(6-10-7-15(16,17)8-10)18-13(20)21-14(3,4)5/h10-11H,1,6-8H2,2-5H3,(H,18,20)/t11-/m0/s1. The molecule has 1 N–H and O–H groups in total. The van der Waals surface area contributed by atoms with Gasteiger partial charge in [-0.25, -0.2) is 13.6 Å². The van der Waals surface area contributed by atoms with Crippen molar-refractivity contribution >= 4 is 11.9 Å². The van der Waals surface area contributed by atoms with Crippen molar-refractivity contribution in [2.24, 2.45) is 5.92 Å². The summed E-state index contributed by atoms with van der Waals surface area (Å²) in [5.74, 6) is -3.27. The molecule has 0 aliphatic heterocycles. The SMILES string of the molecule is C=C(C)C(=O)[C@H](CC1CC(F)(F)C1)NC(=O)OC(C)(C)C. The monoisotopic (exact) mass is 303 g/mol. The smallest absolute Gasteiger partial charge is 0.408 e. The summed E-state index contributed by atoms with van der Waals surface area (Å²) < 4.78 is 30.8. The van der Waals surface area contributed by atoms with E-state index in [0.717, 1.165) is 0 Å². The minimum atomic E-state index is -2.65. The molecule has 1 saturated carbocycles. The van der Waals surface area contributed by atoms with Crippen LogP contribution in [0.5, 0.6) is 0 Å². The van der Waals surface area contributed by atoms with E-state index < -0.39 is 23.7 Å². The quantitative estimate of drug-likeness (QED) is 0.791. The lowest BCUT2D eigenvalue weighted by Crippen LogP contribution is -2.47. The van der Waals surface area contributed by atoms with Gasteiger partial charge < -0.3 is 10.1 Å². The van der Waals surface area contributed by atoms with E-state index in [1.807, 2.05) is 0 Å². The number of rotatable bonds is 5. The lowest BCUT2D eigenvalue weighted by atomic mass is 9.76. The second-order valence-electron chi connectivity index (χ2n) is 6.71. The zero-order chi connectivity index (χ0) is 16.4. The Bertz CT molecular complexity index is 433. The molecular formula is C15H23F2NO3. The highest BCUT2D eigenvalue weighted by Gasteiger charge is 2.46. The van der Waals surface area contributed by atoms with E-state index in [2.05, 4.69) is 11.9 Å². The second kappa shape index (κ2) is 6.12. The maximum Gasteiger partial charge on any atom is 0.408 e. The van der Waals surface area contributed by atoms with Crippen LogP contribution >= 0.6 is 0 Å². The fraction of sp³-hybridized carbons (Fsp3) is 0.733. The predicted octanol–water partition coefficient (Wildman–Crippen LogP) is 3.46. The van der Waals surface area contributed by atoms with E-state index >= 15 is 0 Å². The molecule has 0 heterocycles. The predicted molar refractivity (Wildman–Crippen MR) is 75.3 cm³/mol. The van der Waals surface area contributed by atoms with Crippen molar-refractivity contribution in [2.75, 3.05) is 0 Å². The molecule has 120 valence electrons. The van der Waals surface area contributed by atoms with E-state index in [1.165, 1.54) is 6.92 Å². The summed E-state index contributed by atoms with van der Waals surface area (Å²) in [4.78, 5) is 23.8. The van der Waals surface area contributed by atoms with Crippen LogP contribution in [-0.2, 0) is 9.53 Å². The van der Waals surface area contributed by atoms with Crippen LogP contribution in [0.1, 0.15) is 47.0 Å². The second-order valence-corrected chi connectivity index (χ2v) is 6.71. The number of carbonyl (C=O) groups excluding carboxylic acids is 2. The van der Waals surface area contributed by atoms with Crippen LogP contribution in [-0.4, -0.2) is 29.4 Å². The molecule has 1 fully saturated rings. The number of carbonyl (C=O) groups is 2. The summed E-state index contributed by atoms with van der Waals surface area (Å²) >= 11 is 0. The van der Waals surface area contributed by atoms with Gasteiger partial charge in [-0.2, -0.15) is 0 Å². The topological polar surface area (TPSA) is 55.4 Å². The largest absolute Gasteiger partial charge is 0.444 e. The molecule has 0 radical (unpaired) electrons. The maximum absolute atomic E-state index is 12.9. The number of amides is 1. The molecule has 0 aromatic rings. The van der Waals surface area contributed by atoms with Crippen LogP contribution in [0.25, 0.3) is 0 Å². The molecule has 0 unspecified atom stereocenters. The van der Waals surface area contributed by atoms with Gasteiger partial charge in [-0.15, -0.1) is 0 Å². The van der Waals surface area contributed by atoms with E-state index in [-0.39, 0.29) is 36.5 Å². The fourth-order valence-electron chi connectivity index (χ4n) is 2.26. The van der Waals surface area contributed by atoms with Crippen LogP contribution in [0.3, 0.4) is 0 Å². The van der Waals surface area contributed by atoms with Crippen LogP contribution in [0.2, 0.25) is 0 Å². The van der Waals surface area contributed by atoms with Crippen LogP contribution in [0.4, 0.5) is 13.6 Å². The number of halogens is 2. The van der Waals surface area contributed by atoms with E-state index in [4.69, 9.17) is 4.74 Å². The number of Topliss-reactive ketones (excluding diaryl/α,β-unsaturated/α-hetero) is 1. The van der Waals surface area contributed by atoms with E-state index in [0.29, 0.717) is 0 Å². The maximum atomic E-state index is 12.9. The van der Waals surface area contributed by atoms with Crippen molar-refractivity contribution in [3.63, 3.8) is 0 Å². The first kappa shape index (κ1) is 17.6. The molecule has 1 amide bonds. The summed E-state index contributed by atoms with van der Waals surface area (Å²) in [6.45, 7) is 10.2. The molecule has 0 spiro atoms. The molecule has 4 nitrogen and oxygen atoms in total. The lowest BCUT2D eigenvalue weighted by Gasteiger charge is -2.36. The number of ether oxygens (including phenoxy) is 1. The minimum absolute atomic E-state index is 0.181. The Morgan fingerprint density at radius 2 is 1.90 bits per heavy atom. The van der Waals surface area contributed by atoms with Gasteiger partial charge in [-0.3, -0.25) is 4.79 Å². The van der Waals surface area contributed by atoms with Crippen molar-refractivity contribution in [3.05, 3.63) is 12.2 Å². The van der Waals surface area contributed by atoms with Gasteiger partial charge in [-0.1, -0.05) is 6.58 Å². The van der Waals surface area contributed by atoms with Crippen molar-refractivity contribution in [3.8, 4) is 0 Å². The van der Waals surface area contributed by atoms with Crippen molar-refractivity contribution in [1.82, 2.24) is 5.32 Å². The van der Waals surface area contributed by atoms with Crippen LogP contribution in [0, 0.1) is 5.92 Å². The summed E-state index contributed by atoms with van der Waals surface area (Å²) in [6.07, 6.45) is -1.04. The van der Waals surface area contributed by atoms with E-state index in [1.54, 1.807) is 20.8 Å². The third-order valence-corrected chi connectivity index (χ3v) is 3.17. The van der Waals surface area contributed by atoms with Gasteiger partial charge in [0.15, 0.2) is 5.78 Å². The minimum Gasteiger partial charge on any atom is -0.444 e. The molecule has 1 rings (SSSR count). The normalized spacial score (nSPS) is 19.3. The van der Waals surface area contributed by atoms with Crippen LogP contribution in [0.15, 0.2) is 12.2 Å². The highest BCUT2D eigenvalue weighted by Crippen LogP contribution is 2.44. The molecule has 1 aliphatic carbocycles. The molecular weight excluding hydrogens is 280 g/mol. The number of ketones is 1. The molecule has 0 aromatic heterocycles. The molecule has 1 aliphatic rings. The summed E-state index contributed by atoms with van der Waals surface area (Å²) in [7, 11) is 0. The molecule has 1 atom stereocenters. The molecule has 21 heavy (non-hydrogen) atoms. The first-order chi connectivity index (χ1) is 9.39. The van der Waals surface area contributed by atoms with Gasteiger partial charge in [0.1, 0.15) is 5.60 Å². The average Bonchev–Trinajstić information content (AvgIpc) is 2.21.